The minimum absolute atomic E-state index is 0.0577. The summed E-state index contributed by atoms with van der Waals surface area (Å²) >= 11 is 1.41. The lowest BCUT2D eigenvalue weighted by molar-refractivity contribution is -0.124. The molecular formula is C20H26N4O3S. The maximum Gasteiger partial charge on any atom is 0.231 e. The summed E-state index contributed by atoms with van der Waals surface area (Å²) in [6, 6.07) is 4.05. The molecule has 0 saturated carbocycles. The highest BCUT2D eigenvalue weighted by atomic mass is 32.1. The first kappa shape index (κ1) is 20.3. The number of ether oxygens (including phenoxy) is 1. The van der Waals surface area contributed by atoms with E-state index in [2.05, 4.69) is 16.4 Å². The number of thiazole rings is 1. The molecule has 7 nitrogen and oxygen atoms in total. The number of piperidine rings is 1. The van der Waals surface area contributed by atoms with Crippen LogP contribution in [0.25, 0.3) is 11.3 Å². The Morgan fingerprint density at radius 3 is 2.86 bits per heavy atom. The summed E-state index contributed by atoms with van der Waals surface area (Å²) in [6.07, 6.45) is 1.68. The molecular weight excluding hydrogens is 376 g/mol. The van der Waals surface area contributed by atoms with E-state index in [1.165, 1.54) is 11.3 Å². The van der Waals surface area contributed by atoms with Crippen LogP contribution in [0.1, 0.15) is 24.0 Å². The van der Waals surface area contributed by atoms with Crippen LogP contribution in [0.5, 0.6) is 5.75 Å². The van der Waals surface area contributed by atoms with E-state index in [1.54, 1.807) is 7.11 Å². The fourth-order valence-corrected chi connectivity index (χ4v) is 4.29. The number of aryl methyl sites for hydroxylation is 2. The van der Waals surface area contributed by atoms with E-state index < -0.39 is 0 Å². The molecule has 1 aromatic heterocycles. The monoisotopic (exact) mass is 402 g/mol. The molecule has 8 heteroatoms. The predicted molar refractivity (Wildman–Crippen MR) is 111 cm³/mol. The zero-order valence-electron chi connectivity index (χ0n) is 16.4. The van der Waals surface area contributed by atoms with Crippen molar-refractivity contribution in [2.45, 2.75) is 26.7 Å². The number of hydrogen-bond acceptors (Lipinski definition) is 6. The number of carbonyl (C=O) groups excluding carboxylic acids is 2. The standard InChI is InChI=1S/C20H26N4O3S/c1-12-8-17(27-3)13(2)7-15(12)16-11-28-20(22-16)23-19(26)14-5-4-6-24(9-14)10-18(21)25/h7-8,11,14H,4-6,9-10H2,1-3H3,(H2,21,25)(H,22,23,26)/t14-/m0/s1. The highest BCUT2D eigenvalue weighted by Gasteiger charge is 2.27. The Morgan fingerprint density at radius 1 is 1.36 bits per heavy atom. The van der Waals surface area contributed by atoms with Gasteiger partial charge in [-0.15, -0.1) is 11.3 Å². The molecule has 2 amide bonds. The van der Waals surface area contributed by atoms with E-state index in [9.17, 15) is 9.59 Å². The maximum atomic E-state index is 12.6. The molecule has 0 radical (unpaired) electrons. The van der Waals surface area contributed by atoms with E-state index in [-0.39, 0.29) is 24.3 Å². The van der Waals surface area contributed by atoms with Crippen molar-refractivity contribution < 1.29 is 14.3 Å². The van der Waals surface area contributed by atoms with Gasteiger partial charge in [-0.1, -0.05) is 0 Å². The Balaban J connectivity index is 1.68. The average Bonchev–Trinajstić information content (AvgIpc) is 3.11. The summed E-state index contributed by atoms with van der Waals surface area (Å²) in [5, 5.41) is 5.47. The zero-order valence-corrected chi connectivity index (χ0v) is 17.3. The lowest BCUT2D eigenvalue weighted by atomic mass is 9.97. The summed E-state index contributed by atoms with van der Waals surface area (Å²) in [5.41, 5.74) is 9.24. The molecule has 1 aliphatic rings. The molecule has 3 N–H and O–H groups in total. The third kappa shape index (κ3) is 4.69. The largest absolute Gasteiger partial charge is 0.496 e. The Labute approximate surface area is 168 Å². The van der Waals surface area contributed by atoms with Gasteiger partial charge in [0, 0.05) is 17.5 Å². The highest BCUT2D eigenvalue weighted by Crippen LogP contribution is 2.32. The maximum absolute atomic E-state index is 12.6. The number of anilines is 1. The quantitative estimate of drug-likeness (QED) is 0.774. The number of amides is 2. The molecule has 28 heavy (non-hydrogen) atoms. The number of nitrogens with zero attached hydrogens (tertiary/aromatic N) is 2. The third-order valence-corrected chi connectivity index (χ3v) is 5.77. The van der Waals surface area contributed by atoms with Gasteiger partial charge >= 0.3 is 0 Å². The van der Waals surface area contributed by atoms with Gasteiger partial charge in [0.1, 0.15) is 5.75 Å². The first-order chi connectivity index (χ1) is 13.4. The Bertz CT molecular complexity index is 880. The lowest BCUT2D eigenvalue weighted by Gasteiger charge is -2.30. The number of aromatic nitrogens is 1. The average molecular weight is 403 g/mol. The van der Waals surface area contributed by atoms with E-state index in [1.807, 2.05) is 30.2 Å². The van der Waals surface area contributed by atoms with Crippen molar-refractivity contribution >= 4 is 28.3 Å². The first-order valence-corrected chi connectivity index (χ1v) is 10.2. The molecule has 1 aromatic carbocycles. The molecule has 1 fully saturated rings. The van der Waals surface area contributed by atoms with Gasteiger partial charge in [-0.05, 0) is 56.5 Å². The minimum Gasteiger partial charge on any atom is -0.496 e. The predicted octanol–water partition coefficient (Wildman–Crippen LogP) is 2.57. The molecule has 0 aliphatic carbocycles. The van der Waals surface area contributed by atoms with Crippen LogP contribution < -0.4 is 15.8 Å². The number of nitrogens with two attached hydrogens (primary N) is 1. The fourth-order valence-electron chi connectivity index (χ4n) is 3.58. The third-order valence-electron chi connectivity index (χ3n) is 5.01. The van der Waals surface area contributed by atoms with Crippen LogP contribution in [0.3, 0.4) is 0 Å². The topological polar surface area (TPSA) is 97.5 Å². The molecule has 0 spiro atoms. The summed E-state index contributed by atoms with van der Waals surface area (Å²) in [7, 11) is 1.66. The number of hydrogen-bond donors (Lipinski definition) is 2. The van der Waals surface area contributed by atoms with Crippen molar-refractivity contribution in [2.24, 2.45) is 11.7 Å². The van der Waals surface area contributed by atoms with E-state index in [0.717, 1.165) is 47.5 Å². The molecule has 150 valence electrons. The van der Waals surface area contributed by atoms with Gasteiger partial charge in [-0.3, -0.25) is 14.5 Å². The van der Waals surface area contributed by atoms with Crippen LogP contribution >= 0.6 is 11.3 Å². The van der Waals surface area contributed by atoms with Gasteiger partial charge in [-0.2, -0.15) is 0 Å². The van der Waals surface area contributed by atoms with Crippen LogP contribution in [0.15, 0.2) is 17.5 Å². The van der Waals surface area contributed by atoms with E-state index in [4.69, 9.17) is 10.5 Å². The highest BCUT2D eigenvalue weighted by molar-refractivity contribution is 7.14. The van der Waals surface area contributed by atoms with Crippen molar-refractivity contribution in [3.8, 4) is 17.0 Å². The van der Waals surface area contributed by atoms with Gasteiger partial charge in [0.2, 0.25) is 11.8 Å². The van der Waals surface area contributed by atoms with Crippen molar-refractivity contribution in [2.75, 3.05) is 32.1 Å². The van der Waals surface area contributed by atoms with Crippen molar-refractivity contribution in [1.29, 1.82) is 0 Å². The number of carbonyl (C=O) groups is 2. The molecule has 1 aliphatic heterocycles. The smallest absolute Gasteiger partial charge is 0.231 e. The molecule has 1 saturated heterocycles. The minimum atomic E-state index is -0.365. The number of nitrogens with one attached hydrogen (secondary N) is 1. The molecule has 0 bridgehead atoms. The normalized spacial score (nSPS) is 17.3. The zero-order chi connectivity index (χ0) is 20.3. The van der Waals surface area contributed by atoms with Gasteiger partial charge in [0.05, 0.1) is 25.3 Å². The van der Waals surface area contributed by atoms with Crippen molar-refractivity contribution in [3.05, 3.63) is 28.6 Å². The fraction of sp³-hybridized carbons (Fsp3) is 0.450. The Morgan fingerprint density at radius 2 is 2.14 bits per heavy atom. The molecule has 3 rings (SSSR count). The number of benzene rings is 1. The summed E-state index contributed by atoms with van der Waals surface area (Å²) in [6.45, 7) is 5.55. The number of primary amides is 1. The number of rotatable bonds is 6. The summed E-state index contributed by atoms with van der Waals surface area (Å²) in [5.74, 6) is 0.265. The Hall–Kier alpha value is -2.45. The van der Waals surface area contributed by atoms with Gasteiger partial charge in [0.25, 0.3) is 0 Å². The molecule has 0 unspecified atom stereocenters. The van der Waals surface area contributed by atoms with E-state index in [0.29, 0.717) is 11.7 Å². The second kappa shape index (κ2) is 8.70. The van der Waals surface area contributed by atoms with Gasteiger partial charge in [-0.25, -0.2) is 4.98 Å². The van der Waals surface area contributed by atoms with Crippen molar-refractivity contribution in [1.82, 2.24) is 9.88 Å². The van der Waals surface area contributed by atoms with Crippen LogP contribution in [0.2, 0.25) is 0 Å². The first-order valence-electron chi connectivity index (χ1n) is 9.30. The molecule has 2 aromatic rings. The summed E-state index contributed by atoms with van der Waals surface area (Å²) in [4.78, 5) is 30.3. The lowest BCUT2D eigenvalue weighted by Crippen LogP contribution is -2.44. The van der Waals surface area contributed by atoms with Crippen LogP contribution in [0.4, 0.5) is 5.13 Å². The molecule has 2 heterocycles. The second-order valence-corrected chi connectivity index (χ2v) is 8.06. The van der Waals surface area contributed by atoms with Crippen LogP contribution in [0, 0.1) is 19.8 Å². The number of methoxy groups -OCH3 is 1. The van der Waals surface area contributed by atoms with Gasteiger partial charge < -0.3 is 15.8 Å². The SMILES string of the molecule is COc1cc(C)c(-c2csc(NC(=O)[C@H]3CCCN(CC(N)=O)C3)n2)cc1C. The van der Waals surface area contributed by atoms with Gasteiger partial charge in [0.15, 0.2) is 5.13 Å². The van der Waals surface area contributed by atoms with Crippen LogP contribution in [-0.4, -0.2) is 48.4 Å². The van der Waals surface area contributed by atoms with E-state index >= 15 is 0 Å². The van der Waals surface area contributed by atoms with Crippen molar-refractivity contribution in [3.63, 3.8) is 0 Å². The number of likely N-dealkylation sites (tertiary alicyclic amines) is 1. The summed E-state index contributed by atoms with van der Waals surface area (Å²) < 4.78 is 5.37. The Kier molecular flexibility index (Phi) is 6.31. The molecule has 1 atom stereocenters. The second-order valence-electron chi connectivity index (χ2n) is 7.20. The van der Waals surface area contributed by atoms with Crippen LogP contribution in [-0.2, 0) is 9.59 Å².